The number of rotatable bonds is 4. The largest absolute Gasteiger partial charge is 0.494 e. The van der Waals surface area contributed by atoms with Crippen molar-refractivity contribution in [2.24, 2.45) is 0 Å². The SMILES string of the molecule is CCOc1ccc(N2C(=O)c3oc4cc(C)c(C)cc4c(=O)c3C2c2ccc(Cl)c(Cl)c2)cc1. The topological polar surface area (TPSA) is 59.8 Å². The van der Waals surface area contributed by atoms with Crippen molar-refractivity contribution in [2.75, 3.05) is 11.5 Å². The predicted octanol–water partition coefficient (Wildman–Crippen LogP) is 6.87. The van der Waals surface area contributed by atoms with Gasteiger partial charge in [0, 0.05) is 5.69 Å². The molecule has 7 heteroatoms. The molecule has 3 aromatic carbocycles. The quantitative estimate of drug-likeness (QED) is 0.311. The maximum atomic E-state index is 13.8. The summed E-state index contributed by atoms with van der Waals surface area (Å²) in [6.45, 7) is 6.31. The molecule has 0 spiro atoms. The van der Waals surface area contributed by atoms with E-state index in [-0.39, 0.29) is 16.8 Å². The number of amides is 1. The van der Waals surface area contributed by atoms with Gasteiger partial charge < -0.3 is 9.15 Å². The van der Waals surface area contributed by atoms with Crippen LogP contribution in [0.3, 0.4) is 0 Å². The van der Waals surface area contributed by atoms with Crippen LogP contribution in [0.4, 0.5) is 5.69 Å². The first-order valence-electron chi connectivity index (χ1n) is 10.9. The lowest BCUT2D eigenvalue weighted by atomic mass is 9.97. The normalized spacial score (nSPS) is 15.1. The van der Waals surface area contributed by atoms with Crippen molar-refractivity contribution in [3.63, 3.8) is 0 Å². The molecule has 5 rings (SSSR count). The Kier molecular flexibility index (Phi) is 5.62. The van der Waals surface area contributed by atoms with Gasteiger partial charge in [-0.05, 0) is 86.0 Å². The summed E-state index contributed by atoms with van der Waals surface area (Å²) in [7, 11) is 0. The molecule has 1 unspecified atom stereocenters. The molecule has 4 aromatic rings. The lowest BCUT2D eigenvalue weighted by molar-refractivity contribution is 0.0971. The number of anilines is 1. The second kappa shape index (κ2) is 8.49. The number of ether oxygens (including phenoxy) is 1. The Bertz CT molecular complexity index is 1510. The minimum atomic E-state index is -0.725. The second-order valence-corrected chi connectivity index (χ2v) is 9.10. The summed E-state index contributed by atoms with van der Waals surface area (Å²) in [5.74, 6) is 0.325. The van der Waals surface area contributed by atoms with Gasteiger partial charge in [-0.1, -0.05) is 29.3 Å². The molecule has 0 fully saturated rings. The number of hydrogen-bond acceptors (Lipinski definition) is 4. The highest BCUT2D eigenvalue weighted by molar-refractivity contribution is 6.42. The molecule has 5 nitrogen and oxygen atoms in total. The number of benzene rings is 3. The zero-order valence-electron chi connectivity index (χ0n) is 18.8. The van der Waals surface area contributed by atoms with E-state index in [2.05, 4.69) is 0 Å². The Labute approximate surface area is 206 Å². The van der Waals surface area contributed by atoms with Gasteiger partial charge >= 0.3 is 0 Å². The smallest absolute Gasteiger partial charge is 0.295 e. The van der Waals surface area contributed by atoms with Crippen LogP contribution in [-0.4, -0.2) is 12.5 Å². The van der Waals surface area contributed by atoms with Gasteiger partial charge in [0.25, 0.3) is 5.91 Å². The zero-order valence-corrected chi connectivity index (χ0v) is 20.3. The van der Waals surface area contributed by atoms with Crippen LogP contribution < -0.4 is 15.1 Å². The number of hydrogen-bond donors (Lipinski definition) is 0. The van der Waals surface area contributed by atoms with Crippen molar-refractivity contribution >= 4 is 45.8 Å². The molecule has 1 aliphatic heterocycles. The van der Waals surface area contributed by atoms with Crippen LogP contribution in [0.1, 0.15) is 45.8 Å². The van der Waals surface area contributed by atoms with Crippen molar-refractivity contribution in [3.05, 3.63) is 103 Å². The van der Waals surface area contributed by atoms with Gasteiger partial charge in [0.1, 0.15) is 11.3 Å². The van der Waals surface area contributed by atoms with E-state index in [0.29, 0.717) is 44.6 Å². The van der Waals surface area contributed by atoms with E-state index in [1.54, 1.807) is 53.4 Å². The molecule has 1 aliphatic rings. The molecule has 172 valence electrons. The van der Waals surface area contributed by atoms with E-state index in [0.717, 1.165) is 11.1 Å². The van der Waals surface area contributed by atoms with Gasteiger partial charge in [-0.3, -0.25) is 14.5 Å². The summed E-state index contributed by atoms with van der Waals surface area (Å²) in [6.07, 6.45) is 0. The fourth-order valence-corrected chi connectivity index (χ4v) is 4.67. The molecule has 1 atom stereocenters. The third-order valence-electron chi connectivity index (χ3n) is 6.17. The van der Waals surface area contributed by atoms with Gasteiger partial charge in [-0.2, -0.15) is 0 Å². The molecule has 2 heterocycles. The molecule has 0 N–H and O–H groups in total. The fraction of sp³-hybridized carbons (Fsp3) is 0.185. The first-order valence-corrected chi connectivity index (χ1v) is 11.6. The summed E-state index contributed by atoms with van der Waals surface area (Å²) >= 11 is 12.5. The van der Waals surface area contributed by atoms with Gasteiger partial charge in [-0.15, -0.1) is 0 Å². The van der Waals surface area contributed by atoms with Crippen molar-refractivity contribution in [1.29, 1.82) is 0 Å². The van der Waals surface area contributed by atoms with Crippen LogP contribution in [0.25, 0.3) is 11.0 Å². The number of nitrogens with zero attached hydrogens (tertiary/aromatic N) is 1. The molecular formula is C27H21Cl2NO4. The lowest BCUT2D eigenvalue weighted by Crippen LogP contribution is -2.29. The highest BCUT2D eigenvalue weighted by Gasteiger charge is 2.43. The summed E-state index contributed by atoms with van der Waals surface area (Å²) < 4.78 is 11.6. The number of carbonyl (C=O) groups is 1. The van der Waals surface area contributed by atoms with E-state index in [9.17, 15) is 9.59 Å². The first-order chi connectivity index (χ1) is 16.3. The van der Waals surface area contributed by atoms with Crippen LogP contribution in [0.5, 0.6) is 5.75 Å². The maximum Gasteiger partial charge on any atom is 0.295 e. The van der Waals surface area contributed by atoms with E-state index in [1.807, 2.05) is 26.8 Å². The summed E-state index contributed by atoms with van der Waals surface area (Å²) in [5.41, 5.74) is 3.65. The Balaban J connectivity index is 1.77. The van der Waals surface area contributed by atoms with E-state index in [4.69, 9.17) is 32.4 Å². The maximum absolute atomic E-state index is 13.8. The number of aryl methyl sites for hydroxylation is 2. The minimum absolute atomic E-state index is 0.0331. The van der Waals surface area contributed by atoms with Crippen LogP contribution in [0, 0.1) is 13.8 Å². The van der Waals surface area contributed by atoms with E-state index in [1.165, 1.54) is 0 Å². The molecule has 0 saturated heterocycles. The minimum Gasteiger partial charge on any atom is -0.494 e. The number of halogens is 2. The highest BCUT2D eigenvalue weighted by Crippen LogP contribution is 2.42. The van der Waals surface area contributed by atoms with Crippen molar-refractivity contribution in [2.45, 2.75) is 26.8 Å². The van der Waals surface area contributed by atoms with Crippen molar-refractivity contribution in [3.8, 4) is 5.75 Å². The van der Waals surface area contributed by atoms with Crippen LogP contribution in [-0.2, 0) is 0 Å². The molecule has 0 bridgehead atoms. The van der Waals surface area contributed by atoms with Gasteiger partial charge in [-0.25, -0.2) is 0 Å². The van der Waals surface area contributed by atoms with Gasteiger partial charge in [0.05, 0.1) is 33.6 Å². The summed E-state index contributed by atoms with van der Waals surface area (Å²) in [4.78, 5) is 29.0. The monoisotopic (exact) mass is 493 g/mol. The number of carbonyl (C=O) groups excluding carboxylic acids is 1. The first kappa shape index (κ1) is 22.5. The third-order valence-corrected chi connectivity index (χ3v) is 6.91. The Morgan fingerprint density at radius 1 is 0.941 bits per heavy atom. The average Bonchev–Trinajstić information content (AvgIpc) is 3.10. The molecule has 0 saturated carbocycles. The predicted molar refractivity (Wildman–Crippen MR) is 135 cm³/mol. The average molecular weight is 494 g/mol. The molecule has 0 aliphatic carbocycles. The molecule has 1 aromatic heterocycles. The van der Waals surface area contributed by atoms with Crippen LogP contribution in [0.2, 0.25) is 10.0 Å². The lowest BCUT2D eigenvalue weighted by Gasteiger charge is -2.25. The van der Waals surface area contributed by atoms with Crippen LogP contribution in [0.15, 0.2) is 63.8 Å². The molecule has 0 radical (unpaired) electrons. The molecular weight excluding hydrogens is 473 g/mol. The summed E-state index contributed by atoms with van der Waals surface area (Å²) in [6, 6.07) is 15.2. The van der Waals surface area contributed by atoms with E-state index < -0.39 is 11.9 Å². The Hall–Kier alpha value is -3.28. The van der Waals surface area contributed by atoms with Gasteiger partial charge in [0.15, 0.2) is 5.43 Å². The number of fused-ring (bicyclic) bond motifs is 2. The van der Waals surface area contributed by atoms with Crippen molar-refractivity contribution in [1.82, 2.24) is 0 Å². The highest BCUT2D eigenvalue weighted by atomic mass is 35.5. The Morgan fingerprint density at radius 2 is 1.65 bits per heavy atom. The second-order valence-electron chi connectivity index (χ2n) is 8.28. The zero-order chi connectivity index (χ0) is 24.1. The van der Waals surface area contributed by atoms with Crippen molar-refractivity contribution < 1.29 is 13.9 Å². The molecule has 34 heavy (non-hydrogen) atoms. The standard InChI is InChI=1S/C27H21Cl2NO4/c1-4-33-18-8-6-17(7-9-18)30-24(16-5-10-20(28)21(29)13-16)23-25(31)19-11-14(2)15(3)12-22(19)34-26(23)27(30)32/h5-13,24H,4H2,1-3H3. The van der Waals surface area contributed by atoms with Crippen LogP contribution >= 0.6 is 23.2 Å². The Morgan fingerprint density at radius 3 is 2.32 bits per heavy atom. The van der Waals surface area contributed by atoms with Gasteiger partial charge in [0.2, 0.25) is 5.76 Å². The summed E-state index contributed by atoms with van der Waals surface area (Å²) in [5, 5.41) is 1.16. The van der Waals surface area contributed by atoms with E-state index >= 15 is 0 Å². The molecule has 1 amide bonds. The fourth-order valence-electron chi connectivity index (χ4n) is 4.36. The third kappa shape index (κ3) is 3.56.